The summed E-state index contributed by atoms with van der Waals surface area (Å²) in [7, 11) is 0. The fourth-order valence-electron chi connectivity index (χ4n) is 1.07. The van der Waals surface area contributed by atoms with E-state index in [1.807, 2.05) is 20.8 Å². The molecule has 2 N–H and O–H groups in total. The molecule has 0 unspecified atom stereocenters. The van der Waals surface area contributed by atoms with Gasteiger partial charge in [0.05, 0.1) is 5.75 Å². The maximum Gasteiger partial charge on any atom is 0.313 e. The van der Waals surface area contributed by atoms with E-state index in [9.17, 15) is 9.59 Å². The molecule has 1 rings (SSSR count). The standard InChI is InChI=1S/C9H12N2O3S.C2H6/c1-2-3-6-4-7(12)11-9(10-6)15-5-8(13)14;1-2/h4H,2-3,5H2,1H3,(H,13,14)(H,10,11,12);1-2H3. The molecule has 0 aliphatic heterocycles. The van der Waals surface area contributed by atoms with Gasteiger partial charge in [-0.15, -0.1) is 0 Å². The van der Waals surface area contributed by atoms with Gasteiger partial charge in [0.1, 0.15) is 0 Å². The van der Waals surface area contributed by atoms with E-state index in [0.717, 1.165) is 24.6 Å². The lowest BCUT2D eigenvalue weighted by Gasteiger charge is -2.01. The summed E-state index contributed by atoms with van der Waals surface area (Å²) in [6, 6.07) is 1.44. The Morgan fingerprint density at radius 2 is 2.18 bits per heavy atom. The molecule has 0 saturated heterocycles. The number of rotatable bonds is 5. The van der Waals surface area contributed by atoms with Crippen molar-refractivity contribution in [3.63, 3.8) is 0 Å². The number of aliphatic carboxylic acids is 1. The Balaban J connectivity index is 0.00000121. The van der Waals surface area contributed by atoms with E-state index < -0.39 is 5.97 Å². The highest BCUT2D eigenvalue weighted by atomic mass is 32.2. The Morgan fingerprint density at radius 1 is 1.53 bits per heavy atom. The van der Waals surface area contributed by atoms with E-state index in [-0.39, 0.29) is 11.3 Å². The van der Waals surface area contributed by atoms with Gasteiger partial charge in [-0.1, -0.05) is 39.0 Å². The molecule has 0 aliphatic carbocycles. The first kappa shape index (κ1) is 15.7. The van der Waals surface area contributed by atoms with Gasteiger partial charge in [0.2, 0.25) is 0 Å². The second-order valence-corrected chi connectivity index (χ2v) is 3.94. The Hall–Kier alpha value is -1.30. The molecule has 5 nitrogen and oxygen atoms in total. The smallest absolute Gasteiger partial charge is 0.313 e. The zero-order chi connectivity index (χ0) is 13.3. The fraction of sp³-hybridized carbons (Fsp3) is 0.545. The molecule has 1 aromatic rings. The first-order valence-corrected chi connectivity index (χ1v) is 6.55. The second kappa shape index (κ2) is 8.81. The molecule has 6 heteroatoms. The zero-order valence-corrected chi connectivity index (χ0v) is 11.1. The van der Waals surface area contributed by atoms with Crippen LogP contribution in [0.15, 0.2) is 16.0 Å². The van der Waals surface area contributed by atoms with Crippen molar-refractivity contribution in [1.29, 1.82) is 0 Å². The van der Waals surface area contributed by atoms with Crippen molar-refractivity contribution in [2.45, 2.75) is 38.8 Å². The third kappa shape index (κ3) is 6.78. The molecule has 1 heterocycles. The van der Waals surface area contributed by atoms with Crippen LogP contribution in [-0.2, 0) is 11.2 Å². The summed E-state index contributed by atoms with van der Waals surface area (Å²) in [4.78, 5) is 28.1. The van der Waals surface area contributed by atoms with Gasteiger partial charge in [0.15, 0.2) is 5.16 Å². The van der Waals surface area contributed by atoms with E-state index in [0.29, 0.717) is 10.9 Å². The lowest BCUT2D eigenvalue weighted by Crippen LogP contribution is -2.11. The normalized spacial score (nSPS) is 9.35. The van der Waals surface area contributed by atoms with Crippen LogP contribution in [0.5, 0.6) is 0 Å². The number of nitrogens with zero attached hydrogens (tertiary/aromatic N) is 1. The van der Waals surface area contributed by atoms with Gasteiger partial charge in [-0.3, -0.25) is 9.59 Å². The van der Waals surface area contributed by atoms with Gasteiger partial charge in [-0.25, -0.2) is 4.98 Å². The molecule has 0 bridgehead atoms. The summed E-state index contributed by atoms with van der Waals surface area (Å²) < 4.78 is 0. The molecule has 0 amide bonds. The maximum atomic E-state index is 11.2. The third-order valence-corrected chi connectivity index (χ3v) is 2.47. The van der Waals surface area contributed by atoms with Crippen LogP contribution in [0.4, 0.5) is 0 Å². The average Bonchev–Trinajstić information content (AvgIpc) is 2.29. The van der Waals surface area contributed by atoms with E-state index >= 15 is 0 Å². The summed E-state index contributed by atoms with van der Waals surface area (Å²) in [6.07, 6.45) is 1.63. The number of hydrogen-bond acceptors (Lipinski definition) is 4. The van der Waals surface area contributed by atoms with Crippen molar-refractivity contribution < 1.29 is 9.90 Å². The van der Waals surface area contributed by atoms with Crippen molar-refractivity contribution in [2.75, 3.05) is 5.75 Å². The third-order valence-electron chi connectivity index (χ3n) is 1.61. The predicted octanol–water partition coefficient (Wildman–Crippen LogP) is 1.93. The summed E-state index contributed by atoms with van der Waals surface area (Å²) in [6.45, 7) is 5.99. The lowest BCUT2D eigenvalue weighted by atomic mass is 10.2. The molecule has 0 fully saturated rings. The van der Waals surface area contributed by atoms with E-state index in [2.05, 4.69) is 9.97 Å². The minimum absolute atomic E-state index is 0.0987. The number of nitrogens with one attached hydrogen (secondary N) is 1. The van der Waals surface area contributed by atoms with Crippen LogP contribution in [-0.4, -0.2) is 26.8 Å². The Morgan fingerprint density at radius 3 is 2.71 bits per heavy atom. The van der Waals surface area contributed by atoms with Crippen LogP contribution in [0.3, 0.4) is 0 Å². The Bertz CT molecular complexity index is 404. The molecular formula is C11H18N2O3S. The van der Waals surface area contributed by atoms with E-state index in [1.54, 1.807) is 0 Å². The monoisotopic (exact) mass is 258 g/mol. The minimum Gasteiger partial charge on any atom is -0.481 e. The largest absolute Gasteiger partial charge is 0.481 e. The topological polar surface area (TPSA) is 83.0 Å². The number of aryl methyl sites for hydroxylation is 1. The van der Waals surface area contributed by atoms with Crippen LogP contribution in [0.2, 0.25) is 0 Å². The molecule has 0 aromatic carbocycles. The molecule has 17 heavy (non-hydrogen) atoms. The molecule has 0 atom stereocenters. The molecule has 1 aromatic heterocycles. The predicted molar refractivity (Wildman–Crippen MR) is 68.6 cm³/mol. The van der Waals surface area contributed by atoms with Crippen molar-refractivity contribution in [1.82, 2.24) is 9.97 Å². The van der Waals surface area contributed by atoms with Crippen molar-refractivity contribution in [2.24, 2.45) is 0 Å². The zero-order valence-electron chi connectivity index (χ0n) is 10.3. The van der Waals surface area contributed by atoms with Crippen molar-refractivity contribution in [3.05, 3.63) is 22.1 Å². The SMILES string of the molecule is CC.CCCc1cc(=O)[nH]c(SCC(=O)O)n1. The highest BCUT2D eigenvalue weighted by Gasteiger charge is 2.04. The Kier molecular flexibility index (Phi) is 8.13. The maximum absolute atomic E-state index is 11.2. The number of thioether (sulfide) groups is 1. The average molecular weight is 258 g/mol. The second-order valence-electron chi connectivity index (χ2n) is 2.97. The van der Waals surface area contributed by atoms with E-state index in [4.69, 9.17) is 5.11 Å². The van der Waals surface area contributed by atoms with Gasteiger partial charge < -0.3 is 10.1 Å². The first-order valence-electron chi connectivity index (χ1n) is 5.56. The summed E-state index contributed by atoms with van der Waals surface area (Å²) >= 11 is 1.02. The van der Waals surface area contributed by atoms with Crippen LogP contribution < -0.4 is 5.56 Å². The van der Waals surface area contributed by atoms with E-state index in [1.165, 1.54) is 6.07 Å². The molecule has 0 aliphatic rings. The van der Waals surface area contributed by atoms with Crippen LogP contribution in [0.25, 0.3) is 0 Å². The van der Waals surface area contributed by atoms with Crippen LogP contribution >= 0.6 is 11.8 Å². The van der Waals surface area contributed by atoms with Gasteiger partial charge in [0, 0.05) is 11.8 Å². The lowest BCUT2D eigenvalue weighted by molar-refractivity contribution is -0.133. The van der Waals surface area contributed by atoms with Gasteiger partial charge in [-0.2, -0.15) is 0 Å². The highest BCUT2D eigenvalue weighted by molar-refractivity contribution is 7.99. The number of carbonyl (C=O) groups is 1. The molecule has 0 radical (unpaired) electrons. The van der Waals surface area contributed by atoms with Crippen molar-refractivity contribution >= 4 is 17.7 Å². The quantitative estimate of drug-likeness (QED) is 0.623. The number of H-pyrrole nitrogens is 1. The van der Waals surface area contributed by atoms with Gasteiger partial charge in [0.25, 0.3) is 5.56 Å². The summed E-state index contributed by atoms with van der Waals surface area (Å²) in [5.74, 6) is -1.03. The summed E-state index contributed by atoms with van der Waals surface area (Å²) in [5, 5.41) is 8.84. The fourth-order valence-corrected chi connectivity index (χ4v) is 1.68. The van der Waals surface area contributed by atoms with Crippen LogP contribution in [0.1, 0.15) is 32.9 Å². The Labute approximate surface area is 105 Å². The number of hydrogen-bond donors (Lipinski definition) is 2. The first-order chi connectivity index (χ1) is 8.11. The number of aromatic amines is 1. The number of carboxylic acids is 1. The van der Waals surface area contributed by atoms with Gasteiger partial charge >= 0.3 is 5.97 Å². The molecule has 0 spiro atoms. The van der Waals surface area contributed by atoms with Crippen molar-refractivity contribution in [3.8, 4) is 0 Å². The molecule has 0 saturated carbocycles. The minimum atomic E-state index is -0.927. The van der Waals surface area contributed by atoms with Crippen LogP contribution in [0, 0.1) is 0 Å². The summed E-state index contributed by atoms with van der Waals surface area (Å²) in [5.41, 5.74) is 0.468. The van der Waals surface area contributed by atoms with Gasteiger partial charge in [-0.05, 0) is 6.42 Å². The number of aromatic nitrogens is 2. The molecule has 96 valence electrons. The number of carboxylic acid groups (broad SMARTS) is 1. The molecular weight excluding hydrogens is 240 g/mol. The highest BCUT2D eigenvalue weighted by Crippen LogP contribution is 2.11.